The van der Waals surface area contributed by atoms with Crippen LogP contribution in [0.25, 0.3) is 10.9 Å². The SMILES string of the molecule is Cc1ccc(NC2CCN(CC(=O)Cc3ccc4ncccc4c3)CC2)c(CO)c1. The van der Waals surface area contributed by atoms with E-state index in [0.717, 1.165) is 59.2 Å². The fourth-order valence-corrected chi connectivity index (χ4v) is 4.22. The highest BCUT2D eigenvalue weighted by Gasteiger charge is 2.21. The third-order valence-electron chi connectivity index (χ3n) is 5.85. The van der Waals surface area contributed by atoms with Crippen LogP contribution in [0.3, 0.4) is 0 Å². The van der Waals surface area contributed by atoms with E-state index in [1.807, 2.05) is 37.3 Å². The van der Waals surface area contributed by atoms with Gasteiger partial charge in [0.05, 0.1) is 18.7 Å². The number of aliphatic hydroxyl groups is 1. The molecule has 0 saturated carbocycles. The van der Waals surface area contributed by atoms with Gasteiger partial charge in [-0.05, 0) is 49.6 Å². The molecule has 4 rings (SSSR count). The number of pyridine rings is 1. The van der Waals surface area contributed by atoms with Crippen molar-refractivity contribution in [2.75, 3.05) is 25.0 Å². The van der Waals surface area contributed by atoms with Crippen LogP contribution in [-0.4, -0.2) is 46.4 Å². The smallest absolute Gasteiger partial charge is 0.151 e. The van der Waals surface area contributed by atoms with Gasteiger partial charge in [0.2, 0.25) is 0 Å². The van der Waals surface area contributed by atoms with Crippen molar-refractivity contribution in [2.24, 2.45) is 0 Å². The molecule has 30 heavy (non-hydrogen) atoms. The maximum absolute atomic E-state index is 12.6. The van der Waals surface area contributed by atoms with Crippen molar-refractivity contribution in [1.82, 2.24) is 9.88 Å². The first-order valence-corrected chi connectivity index (χ1v) is 10.7. The van der Waals surface area contributed by atoms with Gasteiger partial charge in [0.1, 0.15) is 0 Å². The second kappa shape index (κ2) is 9.37. The molecule has 0 amide bonds. The number of piperidine rings is 1. The molecule has 0 radical (unpaired) electrons. The lowest BCUT2D eigenvalue weighted by molar-refractivity contribution is -0.119. The Kier molecular flexibility index (Phi) is 6.41. The molecule has 0 unspecified atom stereocenters. The van der Waals surface area contributed by atoms with E-state index in [2.05, 4.69) is 33.4 Å². The van der Waals surface area contributed by atoms with Crippen molar-refractivity contribution in [1.29, 1.82) is 0 Å². The molecule has 0 bridgehead atoms. The van der Waals surface area contributed by atoms with Crippen molar-refractivity contribution in [3.8, 4) is 0 Å². The van der Waals surface area contributed by atoms with E-state index < -0.39 is 0 Å². The van der Waals surface area contributed by atoms with E-state index in [-0.39, 0.29) is 12.4 Å². The van der Waals surface area contributed by atoms with Gasteiger partial charge in [-0.15, -0.1) is 0 Å². The minimum absolute atomic E-state index is 0.0438. The monoisotopic (exact) mass is 403 g/mol. The Morgan fingerprint density at radius 1 is 1.17 bits per heavy atom. The molecular formula is C25H29N3O2. The molecule has 1 aromatic heterocycles. The van der Waals surface area contributed by atoms with Gasteiger partial charge < -0.3 is 10.4 Å². The number of ketones is 1. The number of rotatable bonds is 7. The third kappa shape index (κ3) is 5.04. The molecule has 0 atom stereocenters. The quantitative estimate of drug-likeness (QED) is 0.629. The van der Waals surface area contributed by atoms with Crippen molar-refractivity contribution >= 4 is 22.4 Å². The zero-order valence-electron chi connectivity index (χ0n) is 17.5. The van der Waals surface area contributed by atoms with Gasteiger partial charge in [-0.1, -0.05) is 29.8 Å². The highest BCUT2D eigenvalue weighted by molar-refractivity contribution is 5.85. The van der Waals surface area contributed by atoms with E-state index in [0.29, 0.717) is 19.0 Å². The Hall–Kier alpha value is -2.76. The minimum atomic E-state index is 0.0438. The lowest BCUT2D eigenvalue weighted by atomic mass is 10.0. The summed E-state index contributed by atoms with van der Waals surface area (Å²) in [6.45, 7) is 4.40. The standard InChI is InChI=1S/C25H29N3O2/c1-18-4-6-25(21(13-18)17-29)27-22-8-11-28(12-9-22)16-23(30)15-19-5-7-24-20(14-19)3-2-10-26-24/h2-7,10,13-14,22,27,29H,8-9,11-12,15-17H2,1H3. The van der Waals surface area contributed by atoms with Gasteiger partial charge in [-0.2, -0.15) is 0 Å². The Morgan fingerprint density at radius 3 is 2.80 bits per heavy atom. The molecule has 156 valence electrons. The van der Waals surface area contributed by atoms with Crippen LogP contribution in [0.15, 0.2) is 54.7 Å². The predicted molar refractivity (Wildman–Crippen MR) is 121 cm³/mol. The maximum atomic E-state index is 12.6. The summed E-state index contributed by atoms with van der Waals surface area (Å²) in [6, 6.07) is 16.5. The van der Waals surface area contributed by atoms with Gasteiger partial charge in [-0.3, -0.25) is 14.7 Å². The zero-order valence-corrected chi connectivity index (χ0v) is 17.5. The van der Waals surface area contributed by atoms with Gasteiger partial charge >= 0.3 is 0 Å². The summed E-state index contributed by atoms with van der Waals surface area (Å²) >= 11 is 0. The number of fused-ring (bicyclic) bond motifs is 1. The van der Waals surface area contributed by atoms with Crippen LogP contribution in [-0.2, 0) is 17.8 Å². The number of aromatic nitrogens is 1. The maximum Gasteiger partial charge on any atom is 0.151 e. The first-order valence-electron chi connectivity index (χ1n) is 10.7. The molecule has 5 heteroatoms. The van der Waals surface area contributed by atoms with Gasteiger partial charge in [0, 0.05) is 48.4 Å². The van der Waals surface area contributed by atoms with Crippen LogP contribution in [0.2, 0.25) is 0 Å². The van der Waals surface area contributed by atoms with E-state index in [1.54, 1.807) is 6.20 Å². The van der Waals surface area contributed by atoms with Crippen LogP contribution in [0.1, 0.15) is 29.5 Å². The van der Waals surface area contributed by atoms with Crippen molar-refractivity contribution in [3.05, 3.63) is 71.4 Å². The summed E-state index contributed by atoms with van der Waals surface area (Å²) in [4.78, 5) is 19.2. The molecule has 1 aliphatic heterocycles. The first-order chi connectivity index (χ1) is 14.6. The van der Waals surface area contributed by atoms with Crippen molar-refractivity contribution in [2.45, 2.75) is 38.8 Å². The van der Waals surface area contributed by atoms with Gasteiger partial charge in [0.15, 0.2) is 5.78 Å². The van der Waals surface area contributed by atoms with Crippen LogP contribution in [0.4, 0.5) is 5.69 Å². The summed E-state index contributed by atoms with van der Waals surface area (Å²) in [6.07, 6.45) is 4.24. The molecule has 2 aromatic carbocycles. The summed E-state index contributed by atoms with van der Waals surface area (Å²) in [5.41, 5.74) is 5.12. The second-order valence-corrected chi connectivity index (χ2v) is 8.26. The number of Topliss-reactive ketones (excluding diaryl/α,β-unsaturated/α-hetero) is 1. The summed E-state index contributed by atoms with van der Waals surface area (Å²) in [7, 11) is 0. The average molecular weight is 404 g/mol. The molecule has 5 nitrogen and oxygen atoms in total. The number of anilines is 1. The number of hydrogen-bond donors (Lipinski definition) is 2. The molecule has 1 aliphatic rings. The van der Waals surface area contributed by atoms with Crippen molar-refractivity contribution in [3.63, 3.8) is 0 Å². The topological polar surface area (TPSA) is 65.5 Å². The Morgan fingerprint density at radius 2 is 2.00 bits per heavy atom. The largest absolute Gasteiger partial charge is 0.392 e. The number of aryl methyl sites for hydroxylation is 1. The second-order valence-electron chi connectivity index (χ2n) is 8.26. The van der Waals surface area contributed by atoms with E-state index in [9.17, 15) is 9.90 Å². The van der Waals surface area contributed by atoms with Crippen LogP contribution < -0.4 is 5.32 Å². The molecule has 2 N–H and O–H groups in total. The van der Waals surface area contributed by atoms with E-state index in [4.69, 9.17) is 0 Å². The molecule has 3 aromatic rings. The van der Waals surface area contributed by atoms with E-state index >= 15 is 0 Å². The van der Waals surface area contributed by atoms with Crippen LogP contribution >= 0.6 is 0 Å². The number of benzene rings is 2. The molecular weight excluding hydrogens is 374 g/mol. The number of carbonyl (C=O) groups is 1. The molecule has 1 saturated heterocycles. The Bertz CT molecular complexity index is 1030. The van der Waals surface area contributed by atoms with Crippen LogP contribution in [0, 0.1) is 6.92 Å². The molecule has 2 heterocycles. The average Bonchev–Trinajstić information content (AvgIpc) is 2.76. The number of nitrogens with zero attached hydrogens (tertiary/aromatic N) is 2. The highest BCUT2D eigenvalue weighted by Crippen LogP contribution is 2.22. The van der Waals surface area contributed by atoms with E-state index in [1.165, 1.54) is 0 Å². The van der Waals surface area contributed by atoms with Gasteiger partial charge in [-0.25, -0.2) is 0 Å². The first kappa shape index (κ1) is 20.5. The molecule has 0 spiro atoms. The lowest BCUT2D eigenvalue weighted by Gasteiger charge is -2.32. The van der Waals surface area contributed by atoms with Gasteiger partial charge in [0.25, 0.3) is 0 Å². The van der Waals surface area contributed by atoms with Crippen LogP contribution in [0.5, 0.6) is 0 Å². The number of nitrogens with one attached hydrogen (secondary N) is 1. The number of aliphatic hydroxyl groups excluding tert-OH is 1. The summed E-state index contributed by atoms with van der Waals surface area (Å²) in [5.74, 6) is 0.255. The van der Waals surface area contributed by atoms with Crippen molar-refractivity contribution < 1.29 is 9.90 Å². The highest BCUT2D eigenvalue weighted by atomic mass is 16.3. The third-order valence-corrected chi connectivity index (χ3v) is 5.85. The Labute approximate surface area is 177 Å². The Balaban J connectivity index is 1.27. The summed E-state index contributed by atoms with van der Waals surface area (Å²) < 4.78 is 0. The molecule has 1 fully saturated rings. The number of hydrogen-bond acceptors (Lipinski definition) is 5. The fraction of sp³-hybridized carbons (Fsp3) is 0.360. The lowest BCUT2D eigenvalue weighted by Crippen LogP contribution is -2.41. The minimum Gasteiger partial charge on any atom is -0.392 e. The fourth-order valence-electron chi connectivity index (χ4n) is 4.22. The molecule has 0 aliphatic carbocycles. The zero-order chi connectivity index (χ0) is 20.9. The normalized spacial score (nSPS) is 15.4. The number of carbonyl (C=O) groups excluding carboxylic acids is 1. The predicted octanol–water partition coefficient (Wildman–Crippen LogP) is 3.72. The number of likely N-dealkylation sites (tertiary alicyclic amines) is 1. The summed E-state index contributed by atoms with van der Waals surface area (Å²) in [5, 5.41) is 14.3.